The molecule has 0 radical (unpaired) electrons. The van der Waals surface area contributed by atoms with Gasteiger partial charge >= 0.3 is 12.1 Å². The van der Waals surface area contributed by atoms with E-state index in [2.05, 4.69) is 22.8 Å². The first-order chi connectivity index (χ1) is 26.2. The lowest BCUT2D eigenvalue weighted by atomic mass is 9.76. The molecule has 0 aliphatic heterocycles. The van der Waals surface area contributed by atoms with Gasteiger partial charge in [-0.25, -0.2) is 9.59 Å². The first-order valence-corrected chi connectivity index (χ1v) is 19.0. The maximum absolute atomic E-state index is 14.6. The van der Waals surface area contributed by atoms with E-state index in [1.54, 1.807) is 64.1 Å². The Hall–Kier alpha value is -5.45. The van der Waals surface area contributed by atoms with Crippen LogP contribution >= 0.6 is 0 Å². The summed E-state index contributed by atoms with van der Waals surface area (Å²) >= 11 is 0. The molecule has 0 bridgehead atoms. The molecular formula is C44H53N3O8. The number of likely N-dealkylation sites (N-methyl/N-ethyl adjacent to an activating group) is 1. The zero-order chi connectivity index (χ0) is 39.7. The van der Waals surface area contributed by atoms with Gasteiger partial charge in [-0.15, -0.1) is 0 Å². The highest BCUT2D eigenvalue weighted by Crippen LogP contribution is 2.33. The number of nitrogens with one attached hydrogen (secondary N) is 2. The lowest BCUT2D eigenvalue weighted by Crippen LogP contribution is -2.54. The number of amides is 3. The van der Waals surface area contributed by atoms with E-state index in [0.717, 1.165) is 36.0 Å². The number of fused-ring (bicyclic) bond motifs is 1. The van der Waals surface area contributed by atoms with E-state index in [9.17, 15) is 24.0 Å². The summed E-state index contributed by atoms with van der Waals surface area (Å²) in [4.78, 5) is 68.1. The number of Topliss-reactive ketones (excluding diaryl/α,β-unsaturated/α-hetero) is 1. The van der Waals surface area contributed by atoms with Crippen LogP contribution in [0, 0.1) is 11.8 Å². The number of rotatable bonds is 13. The van der Waals surface area contributed by atoms with Crippen LogP contribution in [0.1, 0.15) is 92.0 Å². The van der Waals surface area contributed by atoms with Crippen LogP contribution in [0.3, 0.4) is 0 Å². The van der Waals surface area contributed by atoms with Crippen molar-refractivity contribution in [1.29, 1.82) is 0 Å². The van der Waals surface area contributed by atoms with E-state index >= 15 is 0 Å². The van der Waals surface area contributed by atoms with Gasteiger partial charge in [0.1, 0.15) is 24.0 Å². The molecule has 3 aromatic carbocycles. The second kappa shape index (κ2) is 18.3. The number of carbonyl (C=O) groups is 5. The Bertz CT molecular complexity index is 1860. The standard InChI is InChI=1S/C44H53N3O8/c1-28(47(5)43(52)55-44(2,3)4)40(49)46-38(26-29-20-24-33(25-21-29)54-27-30-18-22-32(23-19-30)42(51)53-6)39(48)35-15-9-10-16-36(35)41(50)45-37-17-11-13-31-12-7-8-14-34(31)37/h7-10,12,14,18-25,28,35-38H,11,13,15-17,26-27H2,1-6H3,(H,45,50)(H,46,49)/t28-,35?,36?,37?,38?/m0/s1. The molecule has 11 heteroatoms. The second-order valence-corrected chi connectivity index (χ2v) is 15.4. The van der Waals surface area contributed by atoms with Crippen LogP contribution in [-0.2, 0) is 43.3 Å². The van der Waals surface area contributed by atoms with Crippen molar-refractivity contribution < 1.29 is 38.2 Å². The molecule has 0 fully saturated rings. The van der Waals surface area contributed by atoms with Crippen molar-refractivity contribution in [3.63, 3.8) is 0 Å². The lowest BCUT2D eigenvalue weighted by molar-refractivity contribution is -0.137. The molecule has 11 nitrogen and oxygen atoms in total. The molecule has 55 heavy (non-hydrogen) atoms. The third-order valence-electron chi connectivity index (χ3n) is 10.3. The van der Waals surface area contributed by atoms with Gasteiger partial charge in [0.15, 0.2) is 5.78 Å². The van der Waals surface area contributed by atoms with Crippen molar-refractivity contribution in [2.24, 2.45) is 11.8 Å². The van der Waals surface area contributed by atoms with Gasteiger partial charge in [-0.2, -0.15) is 0 Å². The molecule has 5 atom stereocenters. The van der Waals surface area contributed by atoms with Gasteiger partial charge in [-0.1, -0.05) is 60.7 Å². The normalized spacial score (nSPS) is 18.8. The Morgan fingerprint density at radius 1 is 0.873 bits per heavy atom. The number of benzene rings is 3. The van der Waals surface area contributed by atoms with E-state index in [0.29, 0.717) is 24.2 Å². The van der Waals surface area contributed by atoms with Crippen LogP contribution in [-0.4, -0.2) is 66.4 Å². The van der Waals surface area contributed by atoms with E-state index in [1.807, 2.05) is 36.4 Å². The van der Waals surface area contributed by atoms with E-state index in [-0.39, 0.29) is 30.8 Å². The van der Waals surface area contributed by atoms with Crippen molar-refractivity contribution in [2.45, 2.75) is 96.6 Å². The second-order valence-electron chi connectivity index (χ2n) is 15.4. The molecule has 0 aromatic heterocycles. The Kier molecular flexibility index (Phi) is 13.5. The van der Waals surface area contributed by atoms with E-state index in [1.165, 1.54) is 24.6 Å². The SMILES string of the molecule is COC(=O)c1ccc(COc2ccc(CC(NC(=O)[C@H](C)N(C)C(=O)OC(C)(C)C)C(=O)C3CC=CCC3C(=O)NC3CCCc4ccccc43)cc2)cc1. The molecule has 5 rings (SSSR count). The Labute approximate surface area is 323 Å². The zero-order valence-corrected chi connectivity index (χ0v) is 32.6. The molecular weight excluding hydrogens is 698 g/mol. The smallest absolute Gasteiger partial charge is 0.410 e. The van der Waals surface area contributed by atoms with Crippen LogP contribution < -0.4 is 15.4 Å². The monoisotopic (exact) mass is 751 g/mol. The van der Waals surface area contributed by atoms with Gasteiger partial charge < -0.3 is 24.8 Å². The predicted octanol–water partition coefficient (Wildman–Crippen LogP) is 6.68. The Balaban J connectivity index is 1.32. The molecule has 2 N–H and O–H groups in total. The minimum absolute atomic E-state index is 0.126. The van der Waals surface area contributed by atoms with Gasteiger partial charge in [-0.3, -0.25) is 19.3 Å². The minimum atomic E-state index is -0.982. The fraction of sp³-hybridized carbons (Fsp3) is 0.432. The molecule has 3 amide bonds. The molecule has 2 aliphatic carbocycles. The average molecular weight is 752 g/mol. The number of ketones is 1. The number of allylic oxidation sites excluding steroid dienone is 2. The predicted molar refractivity (Wildman–Crippen MR) is 208 cm³/mol. The summed E-state index contributed by atoms with van der Waals surface area (Å²) in [5, 5.41) is 6.19. The summed E-state index contributed by atoms with van der Waals surface area (Å²) in [6.45, 7) is 7.09. The number of hydrogen-bond acceptors (Lipinski definition) is 8. The molecule has 0 saturated heterocycles. The topological polar surface area (TPSA) is 140 Å². The van der Waals surface area contributed by atoms with Gasteiger partial charge in [0.25, 0.3) is 0 Å². The van der Waals surface area contributed by atoms with Crippen molar-refractivity contribution >= 4 is 29.7 Å². The van der Waals surface area contributed by atoms with Crippen molar-refractivity contribution in [1.82, 2.24) is 15.5 Å². The van der Waals surface area contributed by atoms with Crippen LogP contribution in [0.4, 0.5) is 4.79 Å². The Morgan fingerprint density at radius 2 is 1.53 bits per heavy atom. The minimum Gasteiger partial charge on any atom is -0.489 e. The number of aryl methyl sites for hydroxylation is 1. The largest absolute Gasteiger partial charge is 0.489 e. The lowest BCUT2D eigenvalue weighted by Gasteiger charge is -2.33. The summed E-state index contributed by atoms with van der Waals surface area (Å²) in [6, 6.07) is 20.3. The van der Waals surface area contributed by atoms with Gasteiger partial charge in [0, 0.05) is 13.0 Å². The number of ether oxygens (including phenoxy) is 3. The molecule has 3 aromatic rings. The molecule has 0 saturated carbocycles. The number of hydrogen-bond donors (Lipinski definition) is 2. The summed E-state index contributed by atoms with van der Waals surface area (Å²) in [5.41, 5.74) is 3.68. The van der Waals surface area contributed by atoms with Crippen molar-refractivity contribution in [2.75, 3.05) is 14.2 Å². The first kappa shape index (κ1) is 40.7. The van der Waals surface area contributed by atoms with Crippen LogP contribution in [0.2, 0.25) is 0 Å². The summed E-state index contributed by atoms with van der Waals surface area (Å²) in [6.07, 6.45) is 6.91. The number of esters is 1. The average Bonchev–Trinajstić information content (AvgIpc) is 3.18. The van der Waals surface area contributed by atoms with E-state index in [4.69, 9.17) is 14.2 Å². The molecule has 2 aliphatic rings. The zero-order valence-electron chi connectivity index (χ0n) is 32.6. The van der Waals surface area contributed by atoms with Gasteiger partial charge in [0.05, 0.1) is 30.7 Å². The molecule has 292 valence electrons. The third kappa shape index (κ3) is 10.8. The maximum Gasteiger partial charge on any atom is 0.410 e. The fourth-order valence-electron chi connectivity index (χ4n) is 7.02. The summed E-state index contributed by atoms with van der Waals surface area (Å²) in [5.74, 6) is -2.02. The number of carbonyl (C=O) groups excluding carboxylic acids is 5. The number of methoxy groups -OCH3 is 1. The van der Waals surface area contributed by atoms with Crippen molar-refractivity contribution in [3.8, 4) is 5.75 Å². The highest BCUT2D eigenvalue weighted by atomic mass is 16.6. The maximum atomic E-state index is 14.6. The summed E-state index contributed by atoms with van der Waals surface area (Å²) < 4.78 is 16.2. The van der Waals surface area contributed by atoms with E-state index < -0.39 is 47.5 Å². The first-order valence-electron chi connectivity index (χ1n) is 19.0. The van der Waals surface area contributed by atoms with Crippen LogP contribution in [0.5, 0.6) is 5.75 Å². The van der Waals surface area contributed by atoms with Gasteiger partial charge in [0.2, 0.25) is 11.8 Å². The highest BCUT2D eigenvalue weighted by molar-refractivity contribution is 5.96. The quantitative estimate of drug-likeness (QED) is 0.146. The van der Waals surface area contributed by atoms with Crippen LogP contribution in [0.15, 0.2) is 84.9 Å². The molecule has 4 unspecified atom stereocenters. The van der Waals surface area contributed by atoms with Crippen LogP contribution in [0.25, 0.3) is 0 Å². The Morgan fingerprint density at radius 3 is 2.20 bits per heavy atom. The van der Waals surface area contributed by atoms with Crippen molar-refractivity contribution in [3.05, 3.63) is 113 Å². The third-order valence-corrected chi connectivity index (χ3v) is 10.3. The number of nitrogens with zero attached hydrogens (tertiary/aromatic N) is 1. The highest BCUT2D eigenvalue weighted by Gasteiger charge is 2.39. The van der Waals surface area contributed by atoms with Gasteiger partial charge in [-0.05, 0) is 113 Å². The summed E-state index contributed by atoms with van der Waals surface area (Å²) in [7, 11) is 2.82. The molecule has 0 heterocycles. The fourth-order valence-corrected chi connectivity index (χ4v) is 7.02. The molecule has 0 spiro atoms.